The summed E-state index contributed by atoms with van der Waals surface area (Å²) in [5, 5.41) is 19.0. The lowest BCUT2D eigenvalue weighted by molar-refractivity contribution is -0.151. The molecule has 1 unspecified atom stereocenters. The van der Waals surface area contributed by atoms with Gasteiger partial charge in [0.15, 0.2) is 0 Å². The fraction of sp³-hybridized carbons (Fsp3) is 0.216. The Morgan fingerprint density at radius 2 is 1.39 bits per heavy atom. The Morgan fingerprint density at radius 3 is 2.12 bits per heavy atom. The standard InChI is InChI=1S/C23H25NO2.C14H10O/c1-2-3-15-26-22(25)23(24)14-6-9-20-19-11-10-16-7-4-5-8-17(16)18(19)12-13-21(20)23;15-12-8-7-11-6-5-10-3-1-2-4-13(10)14(11)9-12/h4-5,7-8,10-13H,2-3,6,9,14-15,24H2,1H3;1-9,15H. The van der Waals surface area contributed by atoms with Crippen molar-refractivity contribution in [3.8, 4) is 5.75 Å². The van der Waals surface area contributed by atoms with Crippen LogP contribution in [0.15, 0.2) is 103 Å². The van der Waals surface area contributed by atoms with Gasteiger partial charge in [0, 0.05) is 0 Å². The number of phenols is 1. The Hall–Kier alpha value is -4.41. The maximum Gasteiger partial charge on any atom is 0.330 e. The highest BCUT2D eigenvalue weighted by atomic mass is 16.5. The van der Waals surface area contributed by atoms with E-state index < -0.39 is 5.54 Å². The van der Waals surface area contributed by atoms with E-state index in [9.17, 15) is 9.90 Å². The first kappa shape index (κ1) is 26.8. The molecule has 1 aliphatic rings. The molecule has 0 heterocycles. The summed E-state index contributed by atoms with van der Waals surface area (Å²) in [4.78, 5) is 12.8. The Morgan fingerprint density at radius 1 is 0.780 bits per heavy atom. The second kappa shape index (κ2) is 11.2. The molecule has 1 aliphatic carbocycles. The zero-order chi connectivity index (χ0) is 28.4. The number of phenolic OH excluding ortho intramolecular Hbond substituents is 1. The maximum atomic E-state index is 12.8. The van der Waals surface area contributed by atoms with Gasteiger partial charge in [0.05, 0.1) is 6.61 Å². The SMILES string of the molecule is CCCCOC(=O)C1(N)CCCc2c1ccc1c2ccc2ccccc21.Oc1ccc2ccc3ccccc3c2c1. The molecule has 0 amide bonds. The van der Waals surface area contributed by atoms with Crippen LogP contribution in [0.1, 0.15) is 43.7 Å². The molecular formula is C37H35NO3. The van der Waals surface area contributed by atoms with Gasteiger partial charge in [-0.3, -0.25) is 0 Å². The normalized spacial score (nSPS) is 16.3. The van der Waals surface area contributed by atoms with Crippen LogP contribution in [0.25, 0.3) is 43.1 Å². The lowest BCUT2D eigenvalue weighted by Crippen LogP contribution is -2.48. The average Bonchev–Trinajstić information content (AvgIpc) is 3.01. The molecule has 4 nitrogen and oxygen atoms in total. The summed E-state index contributed by atoms with van der Waals surface area (Å²) >= 11 is 0. The Labute approximate surface area is 240 Å². The van der Waals surface area contributed by atoms with Crippen molar-refractivity contribution in [2.24, 2.45) is 5.73 Å². The van der Waals surface area contributed by atoms with E-state index in [1.165, 1.54) is 37.9 Å². The van der Waals surface area contributed by atoms with E-state index in [-0.39, 0.29) is 5.97 Å². The van der Waals surface area contributed by atoms with Gasteiger partial charge in [0.2, 0.25) is 0 Å². The average molecular weight is 542 g/mol. The van der Waals surface area contributed by atoms with Crippen LogP contribution in [0.5, 0.6) is 5.75 Å². The third-order valence-electron chi connectivity index (χ3n) is 8.34. The van der Waals surface area contributed by atoms with E-state index in [2.05, 4.69) is 73.7 Å². The van der Waals surface area contributed by atoms with Gasteiger partial charge in [-0.2, -0.15) is 0 Å². The van der Waals surface area contributed by atoms with Crippen LogP contribution in [-0.4, -0.2) is 17.7 Å². The van der Waals surface area contributed by atoms with Crippen LogP contribution in [0.4, 0.5) is 0 Å². The van der Waals surface area contributed by atoms with E-state index in [1.807, 2.05) is 30.3 Å². The van der Waals surface area contributed by atoms with Crippen LogP contribution >= 0.6 is 0 Å². The minimum atomic E-state index is -1.03. The quantitative estimate of drug-likeness (QED) is 0.133. The second-order valence-electron chi connectivity index (χ2n) is 11.0. The Bertz CT molecular complexity index is 1890. The summed E-state index contributed by atoms with van der Waals surface area (Å²) in [6.07, 6.45) is 4.37. The second-order valence-corrected chi connectivity index (χ2v) is 11.0. The van der Waals surface area contributed by atoms with Gasteiger partial charge in [-0.1, -0.05) is 104 Å². The van der Waals surface area contributed by atoms with E-state index >= 15 is 0 Å². The molecule has 206 valence electrons. The Kier molecular flexibility index (Phi) is 7.34. The summed E-state index contributed by atoms with van der Waals surface area (Å²) in [7, 11) is 0. The predicted molar refractivity (Wildman–Crippen MR) is 169 cm³/mol. The van der Waals surface area contributed by atoms with Gasteiger partial charge >= 0.3 is 5.97 Å². The molecular weight excluding hydrogens is 506 g/mol. The minimum Gasteiger partial charge on any atom is -0.508 e. The van der Waals surface area contributed by atoms with E-state index in [0.29, 0.717) is 18.8 Å². The van der Waals surface area contributed by atoms with Crippen LogP contribution in [-0.2, 0) is 21.5 Å². The molecule has 0 spiro atoms. The third kappa shape index (κ3) is 5.00. The molecule has 6 aromatic rings. The molecule has 0 saturated carbocycles. The largest absolute Gasteiger partial charge is 0.508 e. The van der Waals surface area contributed by atoms with Gasteiger partial charge in [0.1, 0.15) is 11.3 Å². The first-order chi connectivity index (χ1) is 20.0. The molecule has 41 heavy (non-hydrogen) atoms. The number of fused-ring (bicyclic) bond motifs is 8. The van der Waals surface area contributed by atoms with Gasteiger partial charge in [0.25, 0.3) is 0 Å². The number of carbonyl (C=O) groups is 1. The van der Waals surface area contributed by atoms with Crippen molar-refractivity contribution >= 4 is 49.1 Å². The summed E-state index contributed by atoms with van der Waals surface area (Å²) in [6, 6.07) is 34.8. The number of benzene rings is 6. The molecule has 4 heteroatoms. The minimum absolute atomic E-state index is 0.285. The maximum absolute atomic E-state index is 12.8. The van der Waals surface area contributed by atoms with Crippen molar-refractivity contribution < 1.29 is 14.6 Å². The topological polar surface area (TPSA) is 72.5 Å². The van der Waals surface area contributed by atoms with Crippen molar-refractivity contribution in [3.63, 3.8) is 0 Å². The van der Waals surface area contributed by atoms with Crippen molar-refractivity contribution in [2.75, 3.05) is 6.61 Å². The summed E-state index contributed by atoms with van der Waals surface area (Å²) in [5.74, 6) is 0.0332. The van der Waals surface area contributed by atoms with Crippen molar-refractivity contribution in [1.82, 2.24) is 0 Å². The van der Waals surface area contributed by atoms with Crippen molar-refractivity contribution in [2.45, 2.75) is 44.6 Å². The van der Waals surface area contributed by atoms with Crippen LogP contribution < -0.4 is 5.73 Å². The predicted octanol–water partition coefficient (Wildman–Crippen LogP) is 8.53. The summed E-state index contributed by atoms with van der Waals surface area (Å²) < 4.78 is 5.50. The van der Waals surface area contributed by atoms with Crippen LogP contribution in [0.2, 0.25) is 0 Å². The van der Waals surface area contributed by atoms with Gasteiger partial charge in [-0.25, -0.2) is 4.79 Å². The molecule has 0 fully saturated rings. The molecule has 0 aliphatic heterocycles. The first-order valence-electron chi connectivity index (χ1n) is 14.5. The highest BCUT2D eigenvalue weighted by molar-refractivity contribution is 6.09. The molecule has 1 atom stereocenters. The lowest BCUT2D eigenvalue weighted by atomic mass is 9.75. The lowest BCUT2D eigenvalue weighted by Gasteiger charge is -2.34. The fourth-order valence-corrected chi connectivity index (χ4v) is 6.16. The number of carbonyl (C=O) groups excluding carboxylic acids is 1. The van der Waals surface area contributed by atoms with Crippen LogP contribution in [0, 0.1) is 0 Å². The highest BCUT2D eigenvalue weighted by Crippen LogP contribution is 2.40. The molecule has 0 radical (unpaired) electrons. The molecule has 3 N–H and O–H groups in total. The van der Waals surface area contributed by atoms with Gasteiger partial charge < -0.3 is 15.6 Å². The molecule has 0 bridgehead atoms. The number of aromatic hydroxyl groups is 1. The molecule has 6 aromatic carbocycles. The zero-order valence-corrected chi connectivity index (χ0v) is 23.4. The number of hydrogen-bond donors (Lipinski definition) is 2. The number of ether oxygens (including phenoxy) is 1. The van der Waals surface area contributed by atoms with E-state index in [1.54, 1.807) is 6.07 Å². The van der Waals surface area contributed by atoms with Crippen molar-refractivity contribution in [3.05, 3.63) is 114 Å². The van der Waals surface area contributed by atoms with E-state index in [0.717, 1.165) is 42.0 Å². The van der Waals surface area contributed by atoms with Crippen molar-refractivity contribution in [1.29, 1.82) is 0 Å². The number of rotatable bonds is 4. The Balaban J connectivity index is 0.000000170. The first-order valence-corrected chi connectivity index (χ1v) is 14.5. The van der Waals surface area contributed by atoms with Gasteiger partial charge in [-0.15, -0.1) is 0 Å². The summed E-state index contributed by atoms with van der Waals surface area (Å²) in [6.45, 7) is 2.53. The number of esters is 1. The molecule has 0 aromatic heterocycles. The fourth-order valence-electron chi connectivity index (χ4n) is 6.16. The highest BCUT2D eigenvalue weighted by Gasteiger charge is 2.41. The van der Waals surface area contributed by atoms with Gasteiger partial charge in [-0.05, 0) is 92.0 Å². The third-order valence-corrected chi connectivity index (χ3v) is 8.34. The number of aryl methyl sites for hydroxylation is 1. The smallest absolute Gasteiger partial charge is 0.330 e. The number of hydrogen-bond acceptors (Lipinski definition) is 4. The van der Waals surface area contributed by atoms with E-state index in [4.69, 9.17) is 10.5 Å². The summed E-state index contributed by atoms with van der Waals surface area (Å²) in [5.41, 5.74) is 7.74. The molecule has 7 rings (SSSR count). The van der Waals surface area contributed by atoms with Crippen LogP contribution in [0.3, 0.4) is 0 Å². The molecule has 0 saturated heterocycles. The monoisotopic (exact) mass is 541 g/mol. The zero-order valence-electron chi connectivity index (χ0n) is 23.4. The number of unbranched alkanes of at least 4 members (excludes halogenated alkanes) is 1. The number of nitrogens with two attached hydrogens (primary N) is 1.